The zero-order valence-electron chi connectivity index (χ0n) is 8.10. The standard InChI is InChI=1S/C11H16O2/c1-2-3-7-11(10(12)13)8-5-4-6-9-11/h4-9H2,1H3,(H,12,13). The van der Waals surface area contributed by atoms with Crippen LogP contribution in [0.2, 0.25) is 0 Å². The Bertz CT molecular complexity index is 239. The van der Waals surface area contributed by atoms with E-state index in [4.69, 9.17) is 5.11 Å². The van der Waals surface area contributed by atoms with Gasteiger partial charge in [-0.2, -0.15) is 0 Å². The van der Waals surface area contributed by atoms with Gasteiger partial charge in [0.15, 0.2) is 0 Å². The van der Waals surface area contributed by atoms with Gasteiger partial charge >= 0.3 is 5.97 Å². The van der Waals surface area contributed by atoms with Crippen LogP contribution in [0.3, 0.4) is 0 Å². The van der Waals surface area contributed by atoms with Gasteiger partial charge in [0.25, 0.3) is 0 Å². The second-order valence-electron chi connectivity index (χ2n) is 3.75. The molecule has 0 amide bonds. The molecule has 0 spiro atoms. The van der Waals surface area contributed by atoms with Crippen molar-refractivity contribution in [2.75, 3.05) is 0 Å². The van der Waals surface area contributed by atoms with Crippen LogP contribution in [-0.4, -0.2) is 11.1 Å². The molecule has 0 aromatic carbocycles. The Balaban J connectivity index is 2.70. The summed E-state index contributed by atoms with van der Waals surface area (Å²) in [5.74, 6) is 5.03. The summed E-state index contributed by atoms with van der Waals surface area (Å²) in [5, 5.41) is 9.15. The minimum absolute atomic E-state index is 0.527. The molecule has 1 aliphatic carbocycles. The van der Waals surface area contributed by atoms with Gasteiger partial charge in [0, 0.05) is 6.42 Å². The maximum absolute atomic E-state index is 11.1. The first-order chi connectivity index (χ1) is 6.21. The molecule has 0 radical (unpaired) electrons. The van der Waals surface area contributed by atoms with Crippen molar-refractivity contribution in [3.63, 3.8) is 0 Å². The van der Waals surface area contributed by atoms with Gasteiger partial charge in [-0.1, -0.05) is 19.3 Å². The summed E-state index contributed by atoms with van der Waals surface area (Å²) >= 11 is 0. The van der Waals surface area contributed by atoms with Crippen molar-refractivity contribution in [3.8, 4) is 11.8 Å². The average Bonchev–Trinajstić information content (AvgIpc) is 2.16. The molecule has 0 atom stereocenters. The Labute approximate surface area is 79.3 Å². The van der Waals surface area contributed by atoms with Crippen LogP contribution in [0.15, 0.2) is 0 Å². The maximum atomic E-state index is 11.1. The van der Waals surface area contributed by atoms with E-state index in [9.17, 15) is 4.79 Å². The van der Waals surface area contributed by atoms with Crippen molar-refractivity contribution >= 4 is 5.97 Å². The summed E-state index contributed by atoms with van der Waals surface area (Å²) in [6.45, 7) is 1.76. The van der Waals surface area contributed by atoms with E-state index in [0.29, 0.717) is 6.42 Å². The van der Waals surface area contributed by atoms with E-state index in [2.05, 4.69) is 11.8 Å². The molecule has 0 bridgehead atoms. The van der Waals surface area contributed by atoms with Crippen molar-refractivity contribution < 1.29 is 9.90 Å². The second-order valence-corrected chi connectivity index (χ2v) is 3.75. The molecule has 0 saturated heterocycles. The van der Waals surface area contributed by atoms with Crippen molar-refractivity contribution in [1.29, 1.82) is 0 Å². The minimum Gasteiger partial charge on any atom is -0.481 e. The summed E-state index contributed by atoms with van der Waals surface area (Å²) in [4.78, 5) is 11.1. The van der Waals surface area contributed by atoms with Gasteiger partial charge in [0.2, 0.25) is 0 Å². The van der Waals surface area contributed by atoms with Gasteiger partial charge in [-0.15, -0.1) is 11.8 Å². The van der Waals surface area contributed by atoms with Gasteiger partial charge in [-0.3, -0.25) is 4.79 Å². The highest BCUT2D eigenvalue weighted by molar-refractivity contribution is 5.75. The number of rotatable bonds is 2. The minimum atomic E-state index is -0.657. The molecule has 1 N–H and O–H groups in total. The summed E-state index contributed by atoms with van der Waals surface area (Å²) in [6, 6.07) is 0. The molecule has 0 aliphatic heterocycles. The maximum Gasteiger partial charge on any atom is 0.310 e. The van der Waals surface area contributed by atoms with Crippen molar-refractivity contribution in [2.45, 2.75) is 45.4 Å². The summed E-state index contributed by atoms with van der Waals surface area (Å²) in [6.07, 6.45) is 5.39. The lowest BCUT2D eigenvalue weighted by Gasteiger charge is -2.31. The molecule has 1 fully saturated rings. The molecular weight excluding hydrogens is 164 g/mol. The largest absolute Gasteiger partial charge is 0.481 e. The molecule has 0 aromatic heterocycles. The average molecular weight is 180 g/mol. The Hall–Kier alpha value is -0.970. The Morgan fingerprint density at radius 2 is 2.00 bits per heavy atom. The van der Waals surface area contributed by atoms with Crippen molar-refractivity contribution in [1.82, 2.24) is 0 Å². The van der Waals surface area contributed by atoms with Crippen LogP contribution < -0.4 is 0 Å². The number of carboxylic acid groups (broad SMARTS) is 1. The van der Waals surface area contributed by atoms with Crippen LogP contribution in [0.5, 0.6) is 0 Å². The Morgan fingerprint density at radius 1 is 1.38 bits per heavy atom. The molecular formula is C11H16O2. The summed E-state index contributed by atoms with van der Waals surface area (Å²) in [5.41, 5.74) is -0.527. The molecule has 0 heterocycles. The fourth-order valence-corrected chi connectivity index (χ4v) is 1.95. The number of hydrogen-bond donors (Lipinski definition) is 1. The third-order valence-corrected chi connectivity index (χ3v) is 2.87. The molecule has 1 aliphatic rings. The van der Waals surface area contributed by atoms with Crippen molar-refractivity contribution in [2.24, 2.45) is 5.41 Å². The van der Waals surface area contributed by atoms with Gasteiger partial charge < -0.3 is 5.11 Å². The van der Waals surface area contributed by atoms with Crippen LogP contribution in [0.25, 0.3) is 0 Å². The molecule has 1 saturated carbocycles. The quantitative estimate of drug-likeness (QED) is 0.663. The van der Waals surface area contributed by atoms with E-state index in [1.54, 1.807) is 6.92 Å². The molecule has 13 heavy (non-hydrogen) atoms. The van der Waals surface area contributed by atoms with E-state index in [1.165, 1.54) is 6.42 Å². The number of carbonyl (C=O) groups is 1. The number of carboxylic acids is 1. The van der Waals surface area contributed by atoms with Crippen LogP contribution in [0.4, 0.5) is 0 Å². The predicted octanol–water partition coefficient (Wildman–Crippen LogP) is 2.43. The lowest BCUT2D eigenvalue weighted by molar-refractivity contribution is -0.150. The van der Waals surface area contributed by atoms with Gasteiger partial charge in [0.1, 0.15) is 0 Å². The van der Waals surface area contributed by atoms with Crippen molar-refractivity contribution in [3.05, 3.63) is 0 Å². The van der Waals surface area contributed by atoms with Crippen LogP contribution >= 0.6 is 0 Å². The fraction of sp³-hybridized carbons (Fsp3) is 0.727. The van der Waals surface area contributed by atoms with E-state index < -0.39 is 11.4 Å². The summed E-state index contributed by atoms with van der Waals surface area (Å²) in [7, 11) is 0. The zero-order chi connectivity index (χ0) is 9.73. The zero-order valence-corrected chi connectivity index (χ0v) is 8.10. The third-order valence-electron chi connectivity index (χ3n) is 2.87. The number of aliphatic carboxylic acids is 1. The Kier molecular flexibility index (Phi) is 3.36. The molecule has 2 nitrogen and oxygen atoms in total. The van der Waals surface area contributed by atoms with E-state index in [1.807, 2.05) is 0 Å². The second kappa shape index (κ2) is 4.32. The first-order valence-electron chi connectivity index (χ1n) is 4.84. The third kappa shape index (κ3) is 2.24. The molecule has 72 valence electrons. The highest BCUT2D eigenvalue weighted by atomic mass is 16.4. The molecule has 0 aromatic rings. The first kappa shape index (κ1) is 10.1. The highest BCUT2D eigenvalue weighted by Crippen LogP contribution is 2.39. The monoisotopic (exact) mass is 180 g/mol. The normalized spacial score (nSPS) is 20.1. The van der Waals surface area contributed by atoms with Gasteiger partial charge in [-0.05, 0) is 19.8 Å². The topological polar surface area (TPSA) is 37.3 Å². The van der Waals surface area contributed by atoms with Gasteiger partial charge in [0.05, 0.1) is 5.41 Å². The lowest BCUT2D eigenvalue weighted by Crippen LogP contribution is -2.32. The molecule has 2 heteroatoms. The van der Waals surface area contributed by atoms with E-state index in [0.717, 1.165) is 25.7 Å². The number of hydrogen-bond acceptors (Lipinski definition) is 1. The van der Waals surface area contributed by atoms with Gasteiger partial charge in [-0.25, -0.2) is 0 Å². The highest BCUT2D eigenvalue weighted by Gasteiger charge is 2.38. The van der Waals surface area contributed by atoms with Crippen LogP contribution in [0.1, 0.15) is 45.4 Å². The van der Waals surface area contributed by atoms with Crippen LogP contribution in [0, 0.1) is 17.3 Å². The van der Waals surface area contributed by atoms with E-state index >= 15 is 0 Å². The lowest BCUT2D eigenvalue weighted by atomic mass is 9.72. The predicted molar refractivity (Wildman–Crippen MR) is 51.2 cm³/mol. The fourth-order valence-electron chi connectivity index (χ4n) is 1.95. The SMILES string of the molecule is CC#CCC1(C(=O)O)CCCCC1. The summed E-state index contributed by atoms with van der Waals surface area (Å²) < 4.78 is 0. The smallest absolute Gasteiger partial charge is 0.310 e. The first-order valence-corrected chi connectivity index (χ1v) is 4.84. The molecule has 0 unspecified atom stereocenters. The van der Waals surface area contributed by atoms with E-state index in [-0.39, 0.29) is 0 Å². The van der Waals surface area contributed by atoms with Crippen LogP contribution in [-0.2, 0) is 4.79 Å². The Morgan fingerprint density at radius 3 is 2.46 bits per heavy atom. The molecule has 1 rings (SSSR count).